The van der Waals surface area contributed by atoms with Crippen molar-refractivity contribution in [3.05, 3.63) is 35.6 Å². The van der Waals surface area contributed by atoms with Gasteiger partial charge in [0.2, 0.25) is 0 Å². The van der Waals surface area contributed by atoms with Crippen LogP contribution in [0.1, 0.15) is 44.0 Å². The minimum absolute atomic E-state index is 0.0923. The minimum Gasteiger partial charge on any atom is -0.393 e. The highest BCUT2D eigenvalue weighted by Gasteiger charge is 2.32. The summed E-state index contributed by atoms with van der Waals surface area (Å²) in [6, 6.07) is 5.48. The van der Waals surface area contributed by atoms with Gasteiger partial charge < -0.3 is 15.7 Å². The molecule has 0 aliphatic carbocycles. The number of aliphatic hydroxyl groups is 1. The highest BCUT2D eigenvalue weighted by Crippen LogP contribution is 2.29. The molecule has 3 atom stereocenters. The molecule has 3 N–H and O–H groups in total. The van der Waals surface area contributed by atoms with Crippen molar-refractivity contribution in [1.29, 1.82) is 0 Å². The third kappa shape index (κ3) is 4.75. The second-order valence-electron chi connectivity index (χ2n) is 7.70. The number of likely N-dealkylation sites (tertiary alicyclic amines) is 1. The first-order valence-electron chi connectivity index (χ1n) is 8.15. The molecule has 2 rings (SSSR count). The first kappa shape index (κ1) is 17.9. The molecule has 1 aromatic carbocycles. The third-order valence-corrected chi connectivity index (χ3v) is 4.50. The quantitative estimate of drug-likeness (QED) is 0.898. The van der Waals surface area contributed by atoms with E-state index in [2.05, 4.69) is 0 Å². The Bertz CT molecular complexity index is 539. The smallest absolute Gasteiger partial charge is 0.253 e. The molecule has 0 radical (unpaired) electrons. The number of amides is 1. The highest BCUT2D eigenvalue weighted by atomic mass is 19.1. The fourth-order valence-corrected chi connectivity index (χ4v) is 3.03. The van der Waals surface area contributed by atoms with E-state index in [9.17, 15) is 14.3 Å². The van der Waals surface area contributed by atoms with Crippen molar-refractivity contribution >= 4 is 5.91 Å². The summed E-state index contributed by atoms with van der Waals surface area (Å²) in [5.41, 5.74) is 6.39. The first-order valence-corrected chi connectivity index (χ1v) is 8.15. The van der Waals surface area contributed by atoms with Crippen LogP contribution in [0.4, 0.5) is 4.39 Å². The first-order chi connectivity index (χ1) is 10.7. The molecule has 1 amide bonds. The Balaban J connectivity index is 2.05. The van der Waals surface area contributed by atoms with Gasteiger partial charge in [-0.3, -0.25) is 4.79 Å². The largest absolute Gasteiger partial charge is 0.393 e. The van der Waals surface area contributed by atoms with Crippen LogP contribution in [0.25, 0.3) is 0 Å². The van der Waals surface area contributed by atoms with Crippen LogP contribution in [-0.2, 0) is 0 Å². The monoisotopic (exact) mass is 322 g/mol. The van der Waals surface area contributed by atoms with Gasteiger partial charge in [-0.2, -0.15) is 0 Å². The lowest BCUT2D eigenvalue weighted by Crippen LogP contribution is -2.50. The number of aliphatic hydroxyl groups excluding tert-OH is 1. The minimum atomic E-state index is -0.430. The van der Waals surface area contributed by atoms with E-state index in [1.165, 1.54) is 24.3 Å². The molecule has 0 aromatic heterocycles. The normalized spacial score (nSPS) is 23.7. The Hall–Kier alpha value is -1.46. The molecule has 0 saturated carbocycles. The maximum atomic E-state index is 13.0. The summed E-state index contributed by atoms with van der Waals surface area (Å²) in [6.45, 7) is 7.08. The Morgan fingerprint density at radius 1 is 1.35 bits per heavy atom. The number of carbonyl (C=O) groups excluding carboxylic acids is 1. The Morgan fingerprint density at radius 2 is 1.96 bits per heavy atom. The summed E-state index contributed by atoms with van der Waals surface area (Å²) < 4.78 is 13.0. The lowest BCUT2D eigenvalue weighted by atomic mass is 9.80. The average molecular weight is 322 g/mol. The Labute approximate surface area is 137 Å². The summed E-state index contributed by atoms with van der Waals surface area (Å²) in [5.74, 6) is -0.309. The van der Waals surface area contributed by atoms with Gasteiger partial charge in [0.1, 0.15) is 5.82 Å². The van der Waals surface area contributed by atoms with Crippen LogP contribution in [0.5, 0.6) is 0 Å². The lowest BCUT2D eigenvalue weighted by molar-refractivity contribution is 0.0231. The number of nitrogens with two attached hydrogens (primary N) is 1. The van der Waals surface area contributed by atoms with E-state index in [0.29, 0.717) is 25.1 Å². The van der Waals surface area contributed by atoms with Gasteiger partial charge in [0.15, 0.2) is 0 Å². The van der Waals surface area contributed by atoms with Gasteiger partial charge >= 0.3 is 0 Å². The average Bonchev–Trinajstić information content (AvgIpc) is 2.45. The van der Waals surface area contributed by atoms with Gasteiger partial charge in [-0.1, -0.05) is 20.8 Å². The maximum absolute atomic E-state index is 13.0. The van der Waals surface area contributed by atoms with E-state index < -0.39 is 6.10 Å². The van der Waals surface area contributed by atoms with E-state index >= 15 is 0 Å². The molecule has 1 saturated heterocycles. The zero-order valence-corrected chi connectivity index (χ0v) is 14.1. The topological polar surface area (TPSA) is 66.6 Å². The van der Waals surface area contributed by atoms with Gasteiger partial charge in [-0.25, -0.2) is 4.39 Å². The number of nitrogens with zero attached hydrogens (tertiary/aromatic N) is 1. The molecule has 1 fully saturated rings. The van der Waals surface area contributed by atoms with Crippen LogP contribution in [0.3, 0.4) is 0 Å². The summed E-state index contributed by atoms with van der Waals surface area (Å²) in [7, 11) is 0. The van der Waals surface area contributed by atoms with Gasteiger partial charge in [0, 0.05) is 24.7 Å². The summed E-state index contributed by atoms with van der Waals surface area (Å²) in [5, 5.41) is 10.3. The van der Waals surface area contributed by atoms with Crippen molar-refractivity contribution in [3.63, 3.8) is 0 Å². The molecule has 0 spiro atoms. The van der Waals surface area contributed by atoms with Crippen molar-refractivity contribution in [3.8, 4) is 0 Å². The van der Waals surface area contributed by atoms with Crippen molar-refractivity contribution in [1.82, 2.24) is 4.90 Å². The molecule has 5 heteroatoms. The van der Waals surface area contributed by atoms with Crippen LogP contribution in [-0.4, -0.2) is 41.1 Å². The van der Waals surface area contributed by atoms with E-state index in [4.69, 9.17) is 5.73 Å². The van der Waals surface area contributed by atoms with Gasteiger partial charge in [0.05, 0.1) is 6.10 Å². The second kappa shape index (κ2) is 6.97. The van der Waals surface area contributed by atoms with Crippen LogP contribution in [0.2, 0.25) is 0 Å². The second-order valence-corrected chi connectivity index (χ2v) is 7.70. The summed E-state index contributed by atoms with van der Waals surface area (Å²) in [4.78, 5) is 14.3. The molecular weight excluding hydrogens is 295 g/mol. The van der Waals surface area contributed by atoms with Gasteiger partial charge in [0.25, 0.3) is 5.91 Å². The molecule has 1 aliphatic rings. The Kier molecular flexibility index (Phi) is 5.42. The van der Waals surface area contributed by atoms with E-state index in [1.54, 1.807) is 4.90 Å². The zero-order chi connectivity index (χ0) is 17.2. The van der Waals surface area contributed by atoms with E-state index in [1.807, 2.05) is 20.8 Å². The summed E-state index contributed by atoms with van der Waals surface area (Å²) >= 11 is 0. The van der Waals surface area contributed by atoms with Gasteiger partial charge in [-0.05, 0) is 48.4 Å². The third-order valence-electron chi connectivity index (χ3n) is 4.50. The SMILES string of the molecule is CC(C)(C)C(O)CC1CC(N)CN(C(=O)c2ccc(F)cc2)C1. The molecule has 0 bridgehead atoms. The summed E-state index contributed by atoms with van der Waals surface area (Å²) in [6.07, 6.45) is 1.01. The molecule has 23 heavy (non-hydrogen) atoms. The lowest BCUT2D eigenvalue weighted by Gasteiger charge is -2.39. The molecule has 1 heterocycles. The molecule has 3 unspecified atom stereocenters. The number of rotatable bonds is 3. The predicted octanol–water partition coefficient (Wildman–Crippen LogP) is 2.41. The van der Waals surface area contributed by atoms with Crippen LogP contribution in [0.15, 0.2) is 24.3 Å². The molecule has 1 aromatic rings. The number of hydrogen-bond acceptors (Lipinski definition) is 3. The maximum Gasteiger partial charge on any atom is 0.253 e. The molecule has 4 nitrogen and oxygen atoms in total. The number of halogens is 1. The number of carbonyl (C=O) groups is 1. The van der Waals surface area contributed by atoms with Crippen LogP contribution in [0, 0.1) is 17.2 Å². The van der Waals surface area contributed by atoms with Crippen LogP contribution >= 0.6 is 0 Å². The highest BCUT2D eigenvalue weighted by molar-refractivity contribution is 5.94. The number of benzene rings is 1. The van der Waals surface area contributed by atoms with Crippen LogP contribution < -0.4 is 5.73 Å². The van der Waals surface area contributed by atoms with Gasteiger partial charge in [-0.15, -0.1) is 0 Å². The zero-order valence-electron chi connectivity index (χ0n) is 14.1. The standard InChI is InChI=1S/C18H27FN2O2/c1-18(2,3)16(22)9-12-8-15(20)11-21(10-12)17(23)13-4-6-14(19)7-5-13/h4-7,12,15-16,22H,8-11,20H2,1-3H3. The Morgan fingerprint density at radius 3 is 2.52 bits per heavy atom. The molecular formula is C18H27FN2O2. The fraction of sp³-hybridized carbons (Fsp3) is 0.611. The van der Waals surface area contributed by atoms with Crippen molar-refractivity contribution in [2.75, 3.05) is 13.1 Å². The van der Waals surface area contributed by atoms with E-state index in [0.717, 1.165) is 6.42 Å². The van der Waals surface area contributed by atoms with E-state index in [-0.39, 0.29) is 29.1 Å². The van der Waals surface area contributed by atoms with Crippen molar-refractivity contribution in [2.45, 2.75) is 45.8 Å². The number of hydrogen-bond donors (Lipinski definition) is 2. The predicted molar refractivity (Wildman–Crippen MR) is 88.5 cm³/mol. The molecule has 1 aliphatic heterocycles. The number of piperidine rings is 1. The fourth-order valence-electron chi connectivity index (χ4n) is 3.03. The molecule has 128 valence electrons. The van der Waals surface area contributed by atoms with Crippen molar-refractivity contribution < 1.29 is 14.3 Å². The van der Waals surface area contributed by atoms with Crippen molar-refractivity contribution in [2.24, 2.45) is 17.1 Å².